The van der Waals surface area contributed by atoms with Crippen LogP contribution < -0.4 is 19.8 Å². The number of nitrogens with zero attached hydrogens (tertiary/aromatic N) is 4. The predicted molar refractivity (Wildman–Crippen MR) is 232 cm³/mol. The van der Waals surface area contributed by atoms with Crippen LogP contribution in [0.4, 0.5) is 21.5 Å². The fraction of sp³-hybridized carbons (Fsp3) is 0.341. The summed E-state index contributed by atoms with van der Waals surface area (Å²) in [7, 11) is 0. The zero-order valence-electron chi connectivity index (χ0n) is 33.5. The second-order valence-corrected chi connectivity index (χ2v) is 17.8. The van der Waals surface area contributed by atoms with E-state index in [1.54, 1.807) is 41.5 Å². The molecule has 1 amide bonds. The fourth-order valence-electron chi connectivity index (χ4n) is 8.04. The number of morpholine rings is 1. The van der Waals surface area contributed by atoms with Gasteiger partial charge in [0.2, 0.25) is 0 Å². The summed E-state index contributed by atoms with van der Waals surface area (Å²) in [5.74, 6) is -1.41. The lowest BCUT2D eigenvalue weighted by molar-refractivity contribution is -0.384. The van der Waals surface area contributed by atoms with Gasteiger partial charge < -0.3 is 29.3 Å². The number of hydrazine groups is 1. The van der Waals surface area contributed by atoms with Crippen molar-refractivity contribution in [1.82, 2.24) is 19.6 Å². The van der Waals surface area contributed by atoms with Crippen molar-refractivity contribution in [3.05, 3.63) is 123 Å². The van der Waals surface area contributed by atoms with E-state index in [4.69, 9.17) is 21.1 Å². The quantitative estimate of drug-likeness (QED) is 0.0633. The van der Waals surface area contributed by atoms with Crippen LogP contribution in [0.3, 0.4) is 0 Å². The number of hydrogen-bond donors (Lipinski definition) is 3. The van der Waals surface area contributed by atoms with Gasteiger partial charge >= 0.3 is 0 Å². The molecule has 0 saturated carbocycles. The Balaban J connectivity index is 1.01. The molecule has 0 spiro atoms. The van der Waals surface area contributed by atoms with Gasteiger partial charge in [0.15, 0.2) is 16.5 Å². The smallest absolute Gasteiger partial charge is 0.298 e. The molecule has 5 aromatic rings. The number of H-pyrrole nitrogens is 1. The third-order valence-electron chi connectivity index (χ3n) is 11.4. The van der Waals surface area contributed by atoms with Gasteiger partial charge in [-0.1, -0.05) is 43.2 Å². The number of carbonyl (C=O) groups excluding carboxylic acids is 1. The molecular weight excluding hydrogens is 809 g/mol. The topological polar surface area (TPSA) is 151 Å². The van der Waals surface area contributed by atoms with Crippen LogP contribution in [0, 0.1) is 21.3 Å². The Morgan fingerprint density at radius 2 is 1.75 bits per heavy atom. The molecular formula is C44H47ClFN7O6S. The molecule has 4 aromatic carbocycles. The van der Waals surface area contributed by atoms with Crippen LogP contribution in [0.15, 0.2) is 95.5 Å². The van der Waals surface area contributed by atoms with Gasteiger partial charge in [0.25, 0.3) is 11.6 Å². The number of piperazine rings is 1. The lowest BCUT2D eigenvalue weighted by Crippen LogP contribution is -2.47. The number of rotatable bonds is 12. The number of carbonyl (C=O) groups is 1. The minimum atomic E-state index is -2.19. The second kappa shape index (κ2) is 17.8. The molecule has 1 aliphatic carbocycles. The first kappa shape index (κ1) is 41.6. The summed E-state index contributed by atoms with van der Waals surface area (Å²) in [6, 6.07) is 22.0. The molecule has 2 fully saturated rings. The summed E-state index contributed by atoms with van der Waals surface area (Å²) in [5, 5.41) is 15.3. The summed E-state index contributed by atoms with van der Waals surface area (Å²) >= 11 is 4.04. The number of allylic oxidation sites excluding steroid dienone is 1. The van der Waals surface area contributed by atoms with Crippen LogP contribution in [0.25, 0.3) is 16.5 Å². The van der Waals surface area contributed by atoms with E-state index in [-0.39, 0.29) is 38.7 Å². The zero-order chi connectivity index (χ0) is 42.0. The van der Waals surface area contributed by atoms with Crippen molar-refractivity contribution in [2.45, 2.75) is 38.0 Å². The maximum absolute atomic E-state index is 15.4. The largest absolute Gasteiger partial charge is 0.588 e. The van der Waals surface area contributed by atoms with Gasteiger partial charge in [0, 0.05) is 85.8 Å². The number of nitro groups is 1. The van der Waals surface area contributed by atoms with E-state index < -0.39 is 28.0 Å². The number of hydrogen-bond acceptors (Lipinski definition) is 10. The number of amides is 1. The average Bonchev–Trinajstić information content (AvgIpc) is 3.69. The average molecular weight is 856 g/mol. The Kier molecular flexibility index (Phi) is 12.3. The van der Waals surface area contributed by atoms with E-state index in [0.29, 0.717) is 44.9 Å². The highest BCUT2D eigenvalue weighted by molar-refractivity contribution is 7.90. The Hall–Kier alpha value is -5.16. The number of aromatic nitrogens is 1. The number of ether oxygens (including phenoxy) is 2. The van der Waals surface area contributed by atoms with Crippen molar-refractivity contribution in [1.29, 1.82) is 0 Å². The van der Waals surface area contributed by atoms with Gasteiger partial charge in [0.1, 0.15) is 22.8 Å². The van der Waals surface area contributed by atoms with Crippen LogP contribution in [-0.4, -0.2) is 89.3 Å². The molecule has 13 nitrogen and oxygen atoms in total. The third-order valence-corrected chi connectivity index (χ3v) is 12.7. The number of fused-ring (bicyclic) bond motifs is 1. The number of nitrogens with one attached hydrogen (secondary N) is 3. The summed E-state index contributed by atoms with van der Waals surface area (Å²) in [5.41, 5.74) is 8.66. The van der Waals surface area contributed by atoms with Crippen molar-refractivity contribution in [2.75, 3.05) is 69.4 Å². The number of halogens is 2. The van der Waals surface area contributed by atoms with Crippen LogP contribution in [0.5, 0.6) is 11.5 Å². The van der Waals surface area contributed by atoms with Gasteiger partial charge in [-0.05, 0) is 84.3 Å². The van der Waals surface area contributed by atoms with E-state index in [9.17, 15) is 19.5 Å². The highest BCUT2D eigenvalue weighted by atomic mass is 35.5. The molecule has 0 bridgehead atoms. The molecule has 0 radical (unpaired) electrons. The van der Waals surface area contributed by atoms with Crippen molar-refractivity contribution >= 4 is 62.4 Å². The lowest BCUT2D eigenvalue weighted by Gasteiger charge is -2.39. The first-order valence-corrected chi connectivity index (χ1v) is 21.6. The highest BCUT2D eigenvalue weighted by Crippen LogP contribution is 2.43. The maximum Gasteiger partial charge on any atom is 0.298 e. The van der Waals surface area contributed by atoms with E-state index in [1.807, 2.05) is 12.1 Å². The van der Waals surface area contributed by atoms with Crippen LogP contribution >= 0.6 is 11.6 Å². The fourth-order valence-corrected chi connectivity index (χ4v) is 8.98. The molecule has 1 aromatic heterocycles. The molecule has 1 atom stereocenters. The Bertz CT molecular complexity index is 2410. The van der Waals surface area contributed by atoms with Gasteiger partial charge in [-0.3, -0.25) is 19.8 Å². The van der Waals surface area contributed by atoms with Gasteiger partial charge in [-0.25, -0.2) is 9.40 Å². The minimum absolute atomic E-state index is 0.0151. The summed E-state index contributed by atoms with van der Waals surface area (Å²) < 4.78 is 43.0. The number of anilines is 2. The molecule has 3 N–H and O–H groups in total. The van der Waals surface area contributed by atoms with E-state index >= 15 is 4.39 Å². The van der Waals surface area contributed by atoms with E-state index in [0.717, 1.165) is 55.0 Å². The zero-order valence-corrected chi connectivity index (χ0v) is 35.0. The molecule has 8 rings (SSSR count). The van der Waals surface area contributed by atoms with Gasteiger partial charge in [0.05, 0.1) is 29.8 Å². The molecule has 2 aliphatic heterocycles. The van der Waals surface area contributed by atoms with Gasteiger partial charge in [-0.15, -0.1) is 0 Å². The first-order valence-electron chi connectivity index (χ1n) is 20.0. The Labute approximate surface area is 355 Å². The highest BCUT2D eigenvalue weighted by Gasteiger charge is 2.31. The number of nitro benzene ring substituents is 1. The summed E-state index contributed by atoms with van der Waals surface area (Å²) in [6.45, 7) is 10.6. The van der Waals surface area contributed by atoms with Gasteiger partial charge in [-0.2, -0.15) is 4.72 Å². The van der Waals surface area contributed by atoms with Crippen molar-refractivity contribution < 1.29 is 28.1 Å². The standard InChI is InChI=1S/C44H47ClFN7O6S/c1-44(2)13-11-31(36(27-44)29-3-5-32(45)6-4-29)28-50-15-17-51(18-16-50)33-7-9-35(41(24-33)59-42-23-30-12-14-47-39(30)26-37(42)46)43(54)49-60(57)34-8-10-38(40(25-34)53(55)56)48-52-19-21-58-22-20-52/h3-10,12,14,23-26,47-48H,11,13,15-22,27-28H2,1-2H3,(H,49,54). The second-order valence-electron chi connectivity index (χ2n) is 16.2. The van der Waals surface area contributed by atoms with E-state index in [1.165, 1.54) is 41.0 Å². The SMILES string of the molecule is CC1(C)CCC(CN2CCN(c3ccc(C(=O)N[S+]([O-])c4ccc(NN5CCOCC5)c([N+](=O)[O-])c4)c(Oc4cc5cc[nH]c5cc4F)c3)CC2)=C(c2ccc(Cl)cc2)C1. The van der Waals surface area contributed by atoms with Crippen molar-refractivity contribution in [2.24, 2.45) is 5.41 Å². The number of benzene rings is 4. The maximum atomic E-state index is 15.4. The molecule has 3 heterocycles. The van der Waals surface area contributed by atoms with Crippen LogP contribution in [0.2, 0.25) is 5.02 Å². The molecule has 2 saturated heterocycles. The van der Waals surface area contributed by atoms with Crippen molar-refractivity contribution in [3.8, 4) is 11.5 Å². The van der Waals surface area contributed by atoms with E-state index in [2.05, 4.69) is 50.9 Å². The van der Waals surface area contributed by atoms with Crippen LogP contribution in [-0.2, 0) is 16.1 Å². The molecule has 60 heavy (non-hydrogen) atoms. The first-order chi connectivity index (χ1) is 28.9. The summed E-state index contributed by atoms with van der Waals surface area (Å²) in [6.07, 6.45) is 4.88. The lowest BCUT2D eigenvalue weighted by atomic mass is 9.72. The third kappa shape index (κ3) is 9.57. The summed E-state index contributed by atoms with van der Waals surface area (Å²) in [4.78, 5) is 33.0. The molecule has 16 heteroatoms. The molecule has 314 valence electrons. The Morgan fingerprint density at radius 1 is 0.983 bits per heavy atom. The minimum Gasteiger partial charge on any atom is -0.588 e. The monoisotopic (exact) mass is 855 g/mol. The molecule has 3 aliphatic rings. The normalized spacial score (nSPS) is 18.1. The van der Waals surface area contributed by atoms with Crippen LogP contribution in [0.1, 0.15) is 49.0 Å². The van der Waals surface area contributed by atoms with Crippen molar-refractivity contribution in [3.63, 3.8) is 0 Å². The molecule has 1 unspecified atom stereocenters. The predicted octanol–water partition coefficient (Wildman–Crippen LogP) is 8.56. The number of aromatic amines is 1. The Morgan fingerprint density at radius 3 is 2.50 bits per heavy atom.